The maximum atomic E-state index is 13.4. The van der Waals surface area contributed by atoms with Gasteiger partial charge in [-0.15, -0.1) is 0 Å². The van der Waals surface area contributed by atoms with Crippen molar-refractivity contribution in [3.05, 3.63) is 70.3 Å². The van der Waals surface area contributed by atoms with Crippen molar-refractivity contribution in [2.75, 3.05) is 19.8 Å². The molecule has 0 aromatic heterocycles. The molecular formula is C31H41NO5. The second-order valence-corrected chi connectivity index (χ2v) is 11.1. The summed E-state index contributed by atoms with van der Waals surface area (Å²) in [6, 6.07) is 12.6. The molecule has 1 unspecified atom stereocenters. The van der Waals surface area contributed by atoms with E-state index < -0.39 is 17.7 Å². The quantitative estimate of drug-likeness (QED) is 0.243. The van der Waals surface area contributed by atoms with Gasteiger partial charge in [0, 0.05) is 17.7 Å². The molecule has 200 valence electrons. The fraction of sp³-hybridized carbons (Fsp3) is 0.484. The first kappa shape index (κ1) is 28.5. The first-order chi connectivity index (χ1) is 17.4. The third-order valence-electron chi connectivity index (χ3n) is 6.60. The number of aliphatic hydroxyl groups excluding tert-OH is 1. The summed E-state index contributed by atoms with van der Waals surface area (Å²) < 4.78 is 11.5. The fourth-order valence-electron chi connectivity index (χ4n) is 4.61. The van der Waals surface area contributed by atoms with Gasteiger partial charge in [0.25, 0.3) is 11.7 Å². The van der Waals surface area contributed by atoms with Gasteiger partial charge in [0.15, 0.2) is 0 Å². The van der Waals surface area contributed by atoms with Crippen LogP contribution >= 0.6 is 0 Å². The van der Waals surface area contributed by atoms with E-state index in [0.29, 0.717) is 24.7 Å². The van der Waals surface area contributed by atoms with E-state index in [-0.39, 0.29) is 29.4 Å². The van der Waals surface area contributed by atoms with Crippen molar-refractivity contribution in [1.29, 1.82) is 0 Å². The van der Waals surface area contributed by atoms with Crippen LogP contribution in [0, 0.1) is 0 Å². The molecule has 1 aliphatic rings. The van der Waals surface area contributed by atoms with Gasteiger partial charge < -0.3 is 19.5 Å². The van der Waals surface area contributed by atoms with Crippen LogP contribution in [-0.2, 0) is 19.7 Å². The van der Waals surface area contributed by atoms with Crippen LogP contribution in [0.15, 0.2) is 48.0 Å². The molecular weight excluding hydrogens is 466 g/mol. The number of ether oxygens (including phenoxy) is 2. The first-order valence-electron chi connectivity index (χ1n) is 13.1. The topological polar surface area (TPSA) is 76.1 Å². The standard InChI is InChI=1S/C31H41NO5/c1-9-36-25-15-14-23(18-24(25)31(6,7)8)28(33)26-27(22-12-10-21(11-13-22)19(2)3)32(30(35)29(26)34)16-17-37-20(4)5/h10-15,18-20,27,33H,9,16-17H2,1-8H3/b28-26-. The van der Waals surface area contributed by atoms with Crippen LogP contribution in [0.5, 0.6) is 5.75 Å². The van der Waals surface area contributed by atoms with Gasteiger partial charge in [-0.05, 0) is 61.4 Å². The Bertz CT molecular complexity index is 1160. The minimum atomic E-state index is -0.707. The van der Waals surface area contributed by atoms with E-state index in [1.165, 1.54) is 4.90 Å². The maximum Gasteiger partial charge on any atom is 0.295 e. The highest BCUT2D eigenvalue weighted by Crippen LogP contribution is 2.41. The van der Waals surface area contributed by atoms with Gasteiger partial charge in [0.1, 0.15) is 11.5 Å². The molecule has 1 N–H and O–H groups in total. The zero-order chi connectivity index (χ0) is 27.5. The molecule has 3 rings (SSSR count). The Kier molecular flexibility index (Phi) is 8.85. The summed E-state index contributed by atoms with van der Waals surface area (Å²) >= 11 is 0. The van der Waals surface area contributed by atoms with Crippen LogP contribution in [0.3, 0.4) is 0 Å². The van der Waals surface area contributed by atoms with Gasteiger partial charge in [-0.2, -0.15) is 0 Å². The molecule has 1 saturated heterocycles. The lowest BCUT2D eigenvalue weighted by Gasteiger charge is -2.26. The summed E-state index contributed by atoms with van der Waals surface area (Å²) in [5.41, 5.74) is 3.16. The summed E-state index contributed by atoms with van der Waals surface area (Å²) in [4.78, 5) is 28.1. The SMILES string of the molecule is CCOc1ccc(/C(O)=C2/C(=O)C(=O)N(CCOC(C)C)C2c2ccc(C(C)C)cc2)cc1C(C)(C)C. The Morgan fingerprint density at radius 2 is 1.68 bits per heavy atom. The highest BCUT2D eigenvalue weighted by molar-refractivity contribution is 6.46. The normalized spacial score (nSPS) is 17.8. The van der Waals surface area contributed by atoms with Crippen molar-refractivity contribution in [1.82, 2.24) is 4.90 Å². The highest BCUT2D eigenvalue weighted by atomic mass is 16.5. The molecule has 2 aromatic rings. The van der Waals surface area contributed by atoms with Gasteiger partial charge in [0.2, 0.25) is 0 Å². The number of nitrogens with zero attached hydrogens (tertiary/aromatic N) is 1. The van der Waals surface area contributed by atoms with Crippen molar-refractivity contribution in [2.24, 2.45) is 0 Å². The number of Topliss-reactive ketones (excluding diaryl/α,β-unsaturated/α-hetero) is 1. The summed E-state index contributed by atoms with van der Waals surface area (Å²) in [6.07, 6.45) is 0.000251. The Labute approximate surface area is 221 Å². The molecule has 0 radical (unpaired) electrons. The van der Waals surface area contributed by atoms with Gasteiger partial charge >= 0.3 is 0 Å². The number of hydrogen-bond acceptors (Lipinski definition) is 5. The minimum Gasteiger partial charge on any atom is -0.507 e. The molecule has 1 atom stereocenters. The van der Waals surface area contributed by atoms with E-state index >= 15 is 0 Å². The smallest absolute Gasteiger partial charge is 0.295 e. The molecule has 6 nitrogen and oxygen atoms in total. The van der Waals surface area contributed by atoms with Crippen LogP contribution in [0.4, 0.5) is 0 Å². The lowest BCUT2D eigenvalue weighted by Crippen LogP contribution is -2.33. The number of hydrogen-bond donors (Lipinski definition) is 1. The second-order valence-electron chi connectivity index (χ2n) is 11.1. The molecule has 1 heterocycles. The monoisotopic (exact) mass is 507 g/mol. The van der Waals surface area contributed by atoms with E-state index in [9.17, 15) is 14.7 Å². The number of rotatable bonds is 9. The molecule has 1 fully saturated rings. The predicted octanol–water partition coefficient (Wildman–Crippen LogP) is 6.35. The molecule has 0 saturated carbocycles. The van der Waals surface area contributed by atoms with E-state index in [1.807, 2.05) is 57.2 Å². The number of carbonyl (C=O) groups excluding carboxylic acids is 2. The number of carbonyl (C=O) groups is 2. The predicted molar refractivity (Wildman–Crippen MR) is 147 cm³/mol. The molecule has 1 aliphatic heterocycles. The third-order valence-corrected chi connectivity index (χ3v) is 6.60. The van der Waals surface area contributed by atoms with Crippen molar-refractivity contribution < 1.29 is 24.2 Å². The Hall–Kier alpha value is -3.12. The van der Waals surface area contributed by atoms with Crippen molar-refractivity contribution in [3.63, 3.8) is 0 Å². The Morgan fingerprint density at radius 3 is 2.22 bits per heavy atom. The zero-order valence-corrected chi connectivity index (χ0v) is 23.4. The third kappa shape index (κ3) is 6.24. The number of likely N-dealkylation sites (tertiary alicyclic amines) is 1. The second kappa shape index (κ2) is 11.5. The van der Waals surface area contributed by atoms with Crippen LogP contribution in [-0.4, -0.2) is 47.6 Å². The average Bonchev–Trinajstić information content (AvgIpc) is 3.08. The molecule has 6 heteroatoms. The summed E-state index contributed by atoms with van der Waals surface area (Å²) in [7, 11) is 0. The number of ketones is 1. The fourth-order valence-corrected chi connectivity index (χ4v) is 4.61. The average molecular weight is 508 g/mol. The van der Waals surface area contributed by atoms with E-state index in [0.717, 1.165) is 22.4 Å². The maximum absolute atomic E-state index is 13.4. The highest BCUT2D eigenvalue weighted by Gasteiger charge is 2.46. The molecule has 0 bridgehead atoms. The molecule has 0 spiro atoms. The van der Waals surface area contributed by atoms with Crippen molar-refractivity contribution in [2.45, 2.75) is 78.9 Å². The molecule has 0 aliphatic carbocycles. The van der Waals surface area contributed by atoms with Crippen LogP contribution in [0.25, 0.3) is 5.76 Å². The minimum absolute atomic E-state index is 0.000251. The zero-order valence-electron chi connectivity index (χ0n) is 23.4. The van der Waals surface area contributed by atoms with Crippen molar-refractivity contribution in [3.8, 4) is 5.75 Å². The van der Waals surface area contributed by atoms with Crippen LogP contribution in [0.1, 0.15) is 89.6 Å². The van der Waals surface area contributed by atoms with Crippen LogP contribution < -0.4 is 4.74 Å². The number of aliphatic hydroxyl groups is 1. The lowest BCUT2D eigenvalue weighted by molar-refractivity contribution is -0.140. The van der Waals surface area contributed by atoms with Gasteiger partial charge in [-0.1, -0.05) is 58.9 Å². The molecule has 2 aromatic carbocycles. The van der Waals surface area contributed by atoms with E-state index in [1.54, 1.807) is 6.07 Å². The largest absolute Gasteiger partial charge is 0.507 e. The van der Waals surface area contributed by atoms with E-state index in [2.05, 4.69) is 34.6 Å². The lowest BCUT2D eigenvalue weighted by atomic mass is 9.84. The van der Waals surface area contributed by atoms with Crippen LogP contribution in [0.2, 0.25) is 0 Å². The van der Waals surface area contributed by atoms with Crippen molar-refractivity contribution >= 4 is 17.4 Å². The Morgan fingerprint density at radius 1 is 1.03 bits per heavy atom. The number of benzene rings is 2. The summed E-state index contributed by atoms with van der Waals surface area (Å²) in [5.74, 6) is -0.421. The molecule has 1 amide bonds. The van der Waals surface area contributed by atoms with Gasteiger partial charge in [0.05, 0.1) is 30.9 Å². The first-order valence-corrected chi connectivity index (χ1v) is 13.1. The van der Waals surface area contributed by atoms with E-state index in [4.69, 9.17) is 9.47 Å². The van der Waals surface area contributed by atoms with Gasteiger partial charge in [-0.3, -0.25) is 9.59 Å². The molecule has 37 heavy (non-hydrogen) atoms. The summed E-state index contributed by atoms with van der Waals surface area (Å²) in [5, 5.41) is 11.5. The Balaban J connectivity index is 2.16. The van der Waals surface area contributed by atoms with Gasteiger partial charge in [-0.25, -0.2) is 0 Å². The summed E-state index contributed by atoms with van der Waals surface area (Å²) in [6.45, 7) is 17.3. The number of amides is 1.